The van der Waals surface area contributed by atoms with Crippen LogP contribution in [-0.2, 0) is 13.0 Å². The molecule has 0 saturated carbocycles. The van der Waals surface area contributed by atoms with Crippen molar-refractivity contribution in [1.29, 1.82) is 0 Å². The molecule has 2 rings (SSSR count). The van der Waals surface area contributed by atoms with Crippen LogP contribution in [0.15, 0.2) is 18.2 Å². The quantitative estimate of drug-likeness (QED) is 0.565. The predicted octanol–water partition coefficient (Wildman–Crippen LogP) is 2.31. The predicted molar refractivity (Wildman–Crippen MR) is 64.1 cm³/mol. The lowest BCUT2D eigenvalue weighted by atomic mass is 9.99. The van der Waals surface area contributed by atoms with Gasteiger partial charge in [-0.1, -0.05) is 17.9 Å². The van der Waals surface area contributed by atoms with Crippen LogP contribution in [0.3, 0.4) is 0 Å². The highest BCUT2D eigenvalue weighted by atomic mass is 35.5. The molecule has 15 heavy (non-hydrogen) atoms. The Labute approximate surface area is 95.8 Å². The topological polar surface area (TPSA) is 12.0 Å². The van der Waals surface area contributed by atoms with E-state index in [-0.39, 0.29) is 0 Å². The van der Waals surface area contributed by atoms with Gasteiger partial charge in [0.25, 0.3) is 0 Å². The number of alkyl halides is 1. The molecule has 0 bridgehead atoms. The van der Waals surface area contributed by atoms with Gasteiger partial charge < -0.3 is 5.32 Å². The smallest absolute Gasteiger partial charge is 0.0333 e. The fraction of sp³-hybridized carbons (Fsp3) is 0.385. The van der Waals surface area contributed by atoms with Crippen molar-refractivity contribution in [2.45, 2.75) is 19.4 Å². The van der Waals surface area contributed by atoms with E-state index in [0.717, 1.165) is 31.5 Å². The maximum atomic E-state index is 5.57. The number of fused-ring (bicyclic) bond motifs is 1. The number of halogens is 1. The summed E-state index contributed by atoms with van der Waals surface area (Å²) in [4.78, 5) is 0. The summed E-state index contributed by atoms with van der Waals surface area (Å²) in [6.07, 6.45) is 1.89. The second-order valence-electron chi connectivity index (χ2n) is 3.65. The molecular weight excluding hydrogens is 206 g/mol. The molecule has 0 spiro atoms. The van der Waals surface area contributed by atoms with Crippen molar-refractivity contribution in [2.24, 2.45) is 0 Å². The molecule has 0 fully saturated rings. The molecule has 1 aromatic rings. The van der Waals surface area contributed by atoms with Gasteiger partial charge in [-0.2, -0.15) is 0 Å². The molecule has 0 unspecified atom stereocenters. The first-order valence-electron chi connectivity index (χ1n) is 5.27. The Morgan fingerprint density at radius 3 is 3.13 bits per heavy atom. The Morgan fingerprint density at radius 2 is 2.27 bits per heavy atom. The minimum absolute atomic E-state index is 0.611. The molecule has 0 atom stereocenters. The van der Waals surface area contributed by atoms with E-state index in [1.807, 2.05) is 0 Å². The highest BCUT2D eigenvalue weighted by Crippen LogP contribution is 2.15. The molecule has 0 aromatic heterocycles. The first-order chi connectivity index (χ1) is 7.40. The van der Waals surface area contributed by atoms with Crippen LogP contribution in [0.25, 0.3) is 0 Å². The minimum atomic E-state index is 0.611. The van der Waals surface area contributed by atoms with Crippen LogP contribution in [0.4, 0.5) is 0 Å². The molecule has 1 heterocycles. The van der Waals surface area contributed by atoms with Gasteiger partial charge in [-0.3, -0.25) is 0 Å². The van der Waals surface area contributed by atoms with Crippen LogP contribution in [0, 0.1) is 11.8 Å². The van der Waals surface area contributed by atoms with E-state index in [1.54, 1.807) is 0 Å². The van der Waals surface area contributed by atoms with E-state index in [1.165, 1.54) is 11.1 Å². The van der Waals surface area contributed by atoms with Crippen LogP contribution in [0.1, 0.15) is 23.1 Å². The van der Waals surface area contributed by atoms with Crippen LogP contribution in [-0.4, -0.2) is 12.4 Å². The van der Waals surface area contributed by atoms with Crippen molar-refractivity contribution in [1.82, 2.24) is 5.32 Å². The molecule has 0 saturated heterocycles. The average molecular weight is 220 g/mol. The van der Waals surface area contributed by atoms with Crippen LogP contribution in [0.2, 0.25) is 0 Å². The lowest BCUT2D eigenvalue weighted by Gasteiger charge is -2.16. The molecule has 1 aliphatic heterocycles. The van der Waals surface area contributed by atoms with Crippen LogP contribution in [0.5, 0.6) is 0 Å². The molecule has 0 amide bonds. The van der Waals surface area contributed by atoms with E-state index in [0.29, 0.717) is 5.88 Å². The Bertz CT molecular complexity index is 401. The second kappa shape index (κ2) is 5.21. The third kappa shape index (κ3) is 2.75. The lowest BCUT2D eigenvalue weighted by Crippen LogP contribution is -2.23. The van der Waals surface area contributed by atoms with Gasteiger partial charge in [-0.25, -0.2) is 0 Å². The molecule has 1 aliphatic rings. The van der Waals surface area contributed by atoms with Crippen molar-refractivity contribution in [3.05, 3.63) is 34.9 Å². The zero-order valence-corrected chi connectivity index (χ0v) is 9.40. The molecule has 1 aromatic carbocycles. The van der Waals surface area contributed by atoms with Gasteiger partial charge in [-0.05, 0) is 36.2 Å². The molecule has 0 radical (unpaired) electrons. The highest BCUT2D eigenvalue weighted by molar-refractivity contribution is 6.18. The zero-order chi connectivity index (χ0) is 10.5. The maximum Gasteiger partial charge on any atom is 0.0333 e. The third-order valence-corrected chi connectivity index (χ3v) is 2.73. The van der Waals surface area contributed by atoms with Crippen LogP contribution < -0.4 is 5.32 Å². The average Bonchev–Trinajstić information content (AvgIpc) is 2.29. The van der Waals surface area contributed by atoms with E-state index >= 15 is 0 Å². The third-order valence-electron chi connectivity index (χ3n) is 2.55. The van der Waals surface area contributed by atoms with Gasteiger partial charge in [0, 0.05) is 24.4 Å². The first-order valence-corrected chi connectivity index (χ1v) is 5.81. The Balaban J connectivity index is 2.18. The van der Waals surface area contributed by atoms with Crippen molar-refractivity contribution < 1.29 is 0 Å². The highest BCUT2D eigenvalue weighted by Gasteiger charge is 2.07. The van der Waals surface area contributed by atoms with E-state index in [9.17, 15) is 0 Å². The normalized spacial score (nSPS) is 13.9. The summed E-state index contributed by atoms with van der Waals surface area (Å²) >= 11 is 5.57. The van der Waals surface area contributed by atoms with Crippen molar-refractivity contribution >= 4 is 11.6 Å². The largest absolute Gasteiger partial charge is 0.312 e. The van der Waals surface area contributed by atoms with Gasteiger partial charge in [0.2, 0.25) is 0 Å². The summed E-state index contributed by atoms with van der Waals surface area (Å²) in [6.45, 7) is 2.06. The van der Waals surface area contributed by atoms with Gasteiger partial charge in [-0.15, -0.1) is 11.6 Å². The molecular formula is C13H14ClN. The minimum Gasteiger partial charge on any atom is -0.312 e. The van der Waals surface area contributed by atoms with Crippen molar-refractivity contribution in [3.63, 3.8) is 0 Å². The number of hydrogen-bond acceptors (Lipinski definition) is 1. The number of nitrogens with one attached hydrogen (secondary N) is 1. The first kappa shape index (κ1) is 10.5. The zero-order valence-electron chi connectivity index (χ0n) is 8.65. The summed E-state index contributed by atoms with van der Waals surface area (Å²) in [6, 6.07) is 6.48. The molecule has 1 N–H and O–H groups in total. The Morgan fingerprint density at radius 1 is 1.33 bits per heavy atom. The Hall–Kier alpha value is -0.970. The Kier molecular flexibility index (Phi) is 3.66. The summed E-state index contributed by atoms with van der Waals surface area (Å²) in [5.74, 6) is 6.80. The molecule has 2 heteroatoms. The van der Waals surface area contributed by atoms with Gasteiger partial charge in [0.1, 0.15) is 0 Å². The van der Waals surface area contributed by atoms with Gasteiger partial charge >= 0.3 is 0 Å². The lowest BCUT2D eigenvalue weighted by molar-refractivity contribution is 0.643. The summed E-state index contributed by atoms with van der Waals surface area (Å²) in [5, 5.41) is 3.37. The van der Waals surface area contributed by atoms with E-state index in [2.05, 4.69) is 35.4 Å². The fourth-order valence-corrected chi connectivity index (χ4v) is 1.86. The van der Waals surface area contributed by atoms with Gasteiger partial charge in [0.15, 0.2) is 0 Å². The molecule has 78 valence electrons. The fourth-order valence-electron chi connectivity index (χ4n) is 1.77. The van der Waals surface area contributed by atoms with Crippen LogP contribution >= 0.6 is 11.6 Å². The SMILES string of the molecule is ClCCC#Cc1ccc2c(c1)CNCC2. The van der Waals surface area contributed by atoms with Gasteiger partial charge in [0.05, 0.1) is 0 Å². The molecule has 1 nitrogen and oxygen atoms in total. The maximum absolute atomic E-state index is 5.57. The standard InChI is InChI=1S/C13H14ClN/c14-7-2-1-3-11-4-5-12-6-8-15-10-13(12)9-11/h4-5,9,15H,2,6-8,10H2. The monoisotopic (exact) mass is 219 g/mol. The van der Waals surface area contributed by atoms with E-state index in [4.69, 9.17) is 11.6 Å². The summed E-state index contributed by atoms with van der Waals surface area (Å²) < 4.78 is 0. The van der Waals surface area contributed by atoms with Crippen molar-refractivity contribution in [3.8, 4) is 11.8 Å². The summed E-state index contributed by atoms with van der Waals surface area (Å²) in [7, 11) is 0. The van der Waals surface area contributed by atoms with Crippen molar-refractivity contribution in [2.75, 3.05) is 12.4 Å². The molecule has 0 aliphatic carbocycles. The second-order valence-corrected chi connectivity index (χ2v) is 4.03. The summed E-state index contributed by atoms with van der Waals surface area (Å²) in [5.41, 5.74) is 3.94. The number of hydrogen-bond donors (Lipinski definition) is 1. The number of benzene rings is 1. The number of rotatable bonds is 1. The van der Waals surface area contributed by atoms with E-state index < -0.39 is 0 Å².